The van der Waals surface area contributed by atoms with Gasteiger partial charge in [-0.2, -0.15) is 5.26 Å². The number of para-hydroxylation sites is 1. The maximum Gasteiger partial charge on any atom is 0.290 e. The van der Waals surface area contributed by atoms with Gasteiger partial charge >= 0.3 is 0 Å². The smallest absolute Gasteiger partial charge is 0.290 e. The lowest BCUT2D eigenvalue weighted by Crippen LogP contribution is -2.28. The molecule has 3 rings (SSSR count). The van der Waals surface area contributed by atoms with Crippen LogP contribution in [0.3, 0.4) is 0 Å². The van der Waals surface area contributed by atoms with Gasteiger partial charge in [-0.05, 0) is 56.4 Å². The molecule has 1 aliphatic carbocycles. The van der Waals surface area contributed by atoms with E-state index < -0.39 is 0 Å². The third-order valence-electron chi connectivity index (χ3n) is 5.07. The predicted molar refractivity (Wildman–Crippen MR) is 128 cm³/mol. The van der Waals surface area contributed by atoms with Crippen LogP contribution in [0.5, 0.6) is 5.75 Å². The summed E-state index contributed by atoms with van der Waals surface area (Å²) in [6.45, 7) is 3.80. The highest BCUT2D eigenvalue weighted by atomic mass is 32.1. The Balaban J connectivity index is 0.00000122. The number of aliphatic hydroxyl groups excluding tert-OH is 1. The van der Waals surface area contributed by atoms with Gasteiger partial charge in [0, 0.05) is 23.1 Å². The van der Waals surface area contributed by atoms with Gasteiger partial charge in [0.15, 0.2) is 0 Å². The molecule has 0 saturated heterocycles. The molecule has 33 heavy (non-hydrogen) atoms. The fourth-order valence-corrected chi connectivity index (χ4v) is 4.96. The largest absolute Gasteiger partial charge is 0.493 e. The van der Waals surface area contributed by atoms with Gasteiger partial charge in [0.1, 0.15) is 16.8 Å². The lowest BCUT2D eigenvalue weighted by molar-refractivity contribution is -0.122. The SMILES string of the molecule is CCOc1ccccc1/C=C/C(=O)Nc1sc2c(c1C#N)CCC(CNCCO)C2.O=CO. The zero-order valence-electron chi connectivity index (χ0n) is 18.5. The van der Waals surface area contributed by atoms with Gasteiger partial charge in [-0.25, -0.2) is 0 Å². The van der Waals surface area contributed by atoms with Crippen molar-refractivity contribution < 1.29 is 24.5 Å². The molecule has 1 atom stereocenters. The molecular weight excluding hydrogens is 442 g/mol. The molecule has 1 heterocycles. The normalized spacial score (nSPS) is 14.5. The maximum atomic E-state index is 12.5. The van der Waals surface area contributed by atoms with Crippen molar-refractivity contribution in [2.75, 3.05) is 31.6 Å². The highest BCUT2D eigenvalue weighted by Crippen LogP contribution is 2.39. The molecule has 1 amide bonds. The van der Waals surface area contributed by atoms with Gasteiger partial charge in [0.2, 0.25) is 5.91 Å². The quantitative estimate of drug-likeness (QED) is 0.251. The molecule has 1 unspecified atom stereocenters. The number of anilines is 1. The summed E-state index contributed by atoms with van der Waals surface area (Å²) in [7, 11) is 0. The maximum absolute atomic E-state index is 12.5. The van der Waals surface area contributed by atoms with Crippen molar-refractivity contribution in [2.45, 2.75) is 26.2 Å². The number of hydrogen-bond acceptors (Lipinski definition) is 7. The minimum absolute atomic E-state index is 0.133. The number of carbonyl (C=O) groups excluding carboxylic acids is 1. The summed E-state index contributed by atoms with van der Waals surface area (Å²) in [6.07, 6.45) is 5.93. The van der Waals surface area contributed by atoms with Gasteiger partial charge in [-0.15, -0.1) is 11.3 Å². The lowest BCUT2D eigenvalue weighted by atomic mass is 9.87. The molecule has 0 spiro atoms. The number of carbonyl (C=O) groups is 2. The number of carboxylic acid groups (broad SMARTS) is 1. The summed E-state index contributed by atoms with van der Waals surface area (Å²) < 4.78 is 5.58. The van der Waals surface area contributed by atoms with Crippen LogP contribution in [0.1, 0.15) is 34.9 Å². The van der Waals surface area contributed by atoms with Crippen molar-refractivity contribution in [1.29, 1.82) is 5.26 Å². The Labute approximate surface area is 197 Å². The van der Waals surface area contributed by atoms with Crippen LogP contribution in [0, 0.1) is 17.2 Å². The average Bonchev–Trinajstić information content (AvgIpc) is 3.15. The summed E-state index contributed by atoms with van der Waals surface area (Å²) in [6, 6.07) is 9.83. The second kappa shape index (κ2) is 14.1. The van der Waals surface area contributed by atoms with Crippen molar-refractivity contribution in [3.8, 4) is 11.8 Å². The number of hydrogen-bond donors (Lipinski definition) is 4. The summed E-state index contributed by atoms with van der Waals surface area (Å²) in [5.41, 5.74) is 2.49. The van der Waals surface area contributed by atoms with Gasteiger partial charge in [-0.1, -0.05) is 18.2 Å². The molecule has 0 aliphatic heterocycles. The van der Waals surface area contributed by atoms with Gasteiger partial charge < -0.3 is 25.6 Å². The van der Waals surface area contributed by atoms with Gasteiger partial charge in [0.05, 0.1) is 18.8 Å². The van der Waals surface area contributed by atoms with Gasteiger partial charge in [0.25, 0.3) is 6.47 Å². The second-order valence-electron chi connectivity index (χ2n) is 7.26. The number of nitrogens with one attached hydrogen (secondary N) is 2. The Hall–Kier alpha value is -3.19. The molecule has 0 radical (unpaired) electrons. The number of nitrogens with zero attached hydrogens (tertiary/aromatic N) is 1. The standard InChI is InChI=1S/C23H27N3O3S.CH2O2/c1-2-29-20-6-4-3-5-17(20)8-10-22(28)26-23-19(14-24)18-9-7-16(13-21(18)30-23)15-25-11-12-27;2-1-3/h3-6,8,10,16,25,27H,2,7,9,11-13,15H2,1H3,(H,26,28);1H,(H,2,3)/b10-8+;. The molecule has 0 saturated carbocycles. The number of fused-ring (bicyclic) bond motifs is 1. The molecular formula is C24H29N3O5S. The number of rotatable bonds is 9. The minimum Gasteiger partial charge on any atom is -0.493 e. The highest BCUT2D eigenvalue weighted by Gasteiger charge is 2.26. The van der Waals surface area contributed by atoms with Crippen molar-refractivity contribution in [2.24, 2.45) is 5.92 Å². The molecule has 9 heteroatoms. The van der Waals surface area contributed by atoms with E-state index in [1.807, 2.05) is 31.2 Å². The second-order valence-corrected chi connectivity index (χ2v) is 8.36. The Morgan fingerprint density at radius 3 is 2.85 bits per heavy atom. The zero-order chi connectivity index (χ0) is 24.1. The first kappa shape index (κ1) is 26.1. The Kier molecular flexibility index (Phi) is 11.1. The molecule has 0 fully saturated rings. The first-order valence-electron chi connectivity index (χ1n) is 10.7. The topological polar surface area (TPSA) is 132 Å². The number of aliphatic hydroxyl groups is 1. The zero-order valence-corrected chi connectivity index (χ0v) is 19.4. The third-order valence-corrected chi connectivity index (χ3v) is 6.24. The monoisotopic (exact) mass is 471 g/mol. The van der Waals surface area contributed by atoms with E-state index in [4.69, 9.17) is 19.7 Å². The first-order valence-corrected chi connectivity index (χ1v) is 11.5. The van der Waals surface area contributed by atoms with Crippen LogP contribution in [0.2, 0.25) is 0 Å². The number of amides is 1. The van der Waals surface area contributed by atoms with Crippen LogP contribution < -0.4 is 15.4 Å². The first-order chi connectivity index (χ1) is 16.1. The average molecular weight is 472 g/mol. The van der Waals surface area contributed by atoms with Crippen LogP contribution >= 0.6 is 11.3 Å². The summed E-state index contributed by atoms with van der Waals surface area (Å²) >= 11 is 1.50. The summed E-state index contributed by atoms with van der Waals surface area (Å²) in [4.78, 5) is 22.0. The fraction of sp³-hybridized carbons (Fsp3) is 0.375. The minimum atomic E-state index is -0.266. The number of benzene rings is 1. The molecule has 176 valence electrons. The number of nitriles is 1. The van der Waals surface area contributed by atoms with E-state index in [1.165, 1.54) is 22.3 Å². The van der Waals surface area contributed by atoms with Crippen LogP contribution in [-0.4, -0.2) is 48.9 Å². The molecule has 2 aromatic rings. The highest BCUT2D eigenvalue weighted by molar-refractivity contribution is 7.16. The van der Waals surface area contributed by atoms with Crippen LogP contribution in [0.4, 0.5) is 5.00 Å². The number of thiophene rings is 1. The van der Waals surface area contributed by atoms with E-state index in [2.05, 4.69) is 16.7 Å². The van der Waals surface area contributed by atoms with E-state index in [9.17, 15) is 10.1 Å². The molecule has 1 aliphatic rings. The fourth-order valence-electron chi connectivity index (χ4n) is 3.64. The van der Waals surface area contributed by atoms with Crippen molar-refractivity contribution in [3.63, 3.8) is 0 Å². The van der Waals surface area contributed by atoms with Crippen LogP contribution in [-0.2, 0) is 22.4 Å². The van der Waals surface area contributed by atoms with E-state index >= 15 is 0 Å². The Bertz CT molecular complexity index is 996. The molecule has 0 bridgehead atoms. The summed E-state index contributed by atoms with van der Waals surface area (Å²) in [5.74, 6) is 0.944. The van der Waals surface area contributed by atoms with Crippen molar-refractivity contribution >= 4 is 34.8 Å². The van der Waals surface area contributed by atoms with Crippen molar-refractivity contribution in [3.05, 3.63) is 51.9 Å². The van der Waals surface area contributed by atoms with Crippen LogP contribution in [0.15, 0.2) is 30.3 Å². The van der Waals surface area contributed by atoms with Crippen LogP contribution in [0.25, 0.3) is 6.08 Å². The molecule has 1 aromatic heterocycles. The lowest BCUT2D eigenvalue weighted by Gasteiger charge is -2.22. The number of ether oxygens (including phenoxy) is 1. The van der Waals surface area contributed by atoms with E-state index in [-0.39, 0.29) is 19.0 Å². The van der Waals surface area contributed by atoms with E-state index in [0.717, 1.165) is 42.7 Å². The summed E-state index contributed by atoms with van der Waals surface area (Å²) in [5, 5.41) is 32.2. The molecule has 1 aromatic carbocycles. The Morgan fingerprint density at radius 2 is 2.15 bits per heavy atom. The van der Waals surface area contributed by atoms with E-state index in [0.29, 0.717) is 29.6 Å². The molecule has 8 nitrogen and oxygen atoms in total. The predicted octanol–water partition coefficient (Wildman–Crippen LogP) is 3.06. The Morgan fingerprint density at radius 1 is 1.39 bits per heavy atom. The molecule has 4 N–H and O–H groups in total. The van der Waals surface area contributed by atoms with Crippen molar-refractivity contribution in [1.82, 2.24) is 5.32 Å². The van der Waals surface area contributed by atoms with Gasteiger partial charge in [-0.3, -0.25) is 9.59 Å². The third kappa shape index (κ3) is 7.71. The van der Waals surface area contributed by atoms with E-state index in [1.54, 1.807) is 6.08 Å².